The molecular weight excluding hydrogens is 283 g/mol. The van der Waals surface area contributed by atoms with Crippen LogP contribution in [0.1, 0.15) is 20.8 Å². The van der Waals surface area contributed by atoms with Crippen molar-refractivity contribution in [3.8, 4) is 0 Å². The van der Waals surface area contributed by atoms with Crippen molar-refractivity contribution in [1.82, 2.24) is 0 Å². The van der Waals surface area contributed by atoms with Gasteiger partial charge in [-0.1, -0.05) is 50.0 Å². The number of rotatable bonds is 3. The molecule has 0 aromatic heterocycles. The Balaban J connectivity index is 3.02. The molecular formula is C11H14Cl2O3S. The van der Waals surface area contributed by atoms with Gasteiger partial charge in [-0.3, -0.25) is 4.18 Å². The maximum absolute atomic E-state index is 11.9. The smallest absolute Gasteiger partial charge is 0.266 e. The number of benzene rings is 1. The highest BCUT2D eigenvalue weighted by Gasteiger charge is 2.23. The van der Waals surface area contributed by atoms with E-state index in [0.717, 1.165) is 0 Å². The fourth-order valence-electron chi connectivity index (χ4n) is 0.995. The summed E-state index contributed by atoms with van der Waals surface area (Å²) in [5.41, 5.74) is -0.252. The molecule has 6 heteroatoms. The van der Waals surface area contributed by atoms with E-state index in [-0.39, 0.29) is 27.0 Å². The van der Waals surface area contributed by atoms with Gasteiger partial charge in [0.15, 0.2) is 0 Å². The van der Waals surface area contributed by atoms with Crippen LogP contribution in [0.4, 0.5) is 0 Å². The first-order chi connectivity index (χ1) is 7.63. The van der Waals surface area contributed by atoms with Crippen molar-refractivity contribution >= 4 is 33.3 Å². The van der Waals surface area contributed by atoms with E-state index in [1.165, 1.54) is 18.2 Å². The Labute approximate surface area is 112 Å². The van der Waals surface area contributed by atoms with Crippen LogP contribution in [0.25, 0.3) is 0 Å². The molecule has 0 amide bonds. The average Bonchev–Trinajstić information content (AvgIpc) is 2.18. The second-order valence-corrected chi connectivity index (χ2v) is 7.20. The third-order valence-electron chi connectivity index (χ3n) is 1.83. The van der Waals surface area contributed by atoms with Gasteiger partial charge in [0.2, 0.25) is 0 Å². The Morgan fingerprint density at radius 3 is 2.35 bits per heavy atom. The van der Waals surface area contributed by atoms with Crippen LogP contribution in [0.3, 0.4) is 0 Å². The molecule has 3 nitrogen and oxygen atoms in total. The van der Waals surface area contributed by atoms with Gasteiger partial charge in [0.25, 0.3) is 10.1 Å². The van der Waals surface area contributed by atoms with E-state index in [4.69, 9.17) is 27.4 Å². The SMILES string of the molecule is CC(C)(C)COS(=O)(=O)c1cccc(Cl)c1Cl. The van der Waals surface area contributed by atoms with Crippen LogP contribution >= 0.6 is 23.2 Å². The average molecular weight is 297 g/mol. The van der Waals surface area contributed by atoms with Gasteiger partial charge in [0.1, 0.15) is 4.90 Å². The predicted octanol–water partition coefficient (Wildman–Crippen LogP) is 3.74. The van der Waals surface area contributed by atoms with Crippen molar-refractivity contribution in [2.45, 2.75) is 25.7 Å². The van der Waals surface area contributed by atoms with E-state index in [0.29, 0.717) is 0 Å². The normalized spacial score (nSPS) is 12.8. The summed E-state index contributed by atoms with van der Waals surface area (Å²) in [5.74, 6) is 0. The third kappa shape index (κ3) is 4.14. The number of hydrogen-bond acceptors (Lipinski definition) is 3. The quantitative estimate of drug-likeness (QED) is 0.798. The maximum atomic E-state index is 11.9. The van der Waals surface area contributed by atoms with E-state index in [1.54, 1.807) is 0 Å². The minimum atomic E-state index is -3.86. The monoisotopic (exact) mass is 296 g/mol. The Bertz CT molecular complexity index is 504. The molecule has 1 aromatic rings. The highest BCUT2D eigenvalue weighted by atomic mass is 35.5. The molecule has 0 spiro atoms. The first-order valence-electron chi connectivity index (χ1n) is 4.97. The summed E-state index contributed by atoms with van der Waals surface area (Å²) in [5, 5.41) is 0.176. The van der Waals surface area contributed by atoms with E-state index >= 15 is 0 Å². The summed E-state index contributed by atoms with van der Waals surface area (Å²) in [7, 11) is -3.86. The van der Waals surface area contributed by atoms with Crippen LogP contribution in [0.5, 0.6) is 0 Å². The molecule has 17 heavy (non-hydrogen) atoms. The first-order valence-corrected chi connectivity index (χ1v) is 7.13. The summed E-state index contributed by atoms with van der Waals surface area (Å²) in [4.78, 5) is -0.101. The Morgan fingerprint density at radius 2 is 1.82 bits per heavy atom. The maximum Gasteiger partial charge on any atom is 0.298 e. The fourth-order valence-corrected chi connectivity index (χ4v) is 2.85. The lowest BCUT2D eigenvalue weighted by Crippen LogP contribution is -2.19. The van der Waals surface area contributed by atoms with Crippen LogP contribution in [0.15, 0.2) is 23.1 Å². The minimum Gasteiger partial charge on any atom is -0.266 e. The van der Waals surface area contributed by atoms with Crippen molar-refractivity contribution in [1.29, 1.82) is 0 Å². The van der Waals surface area contributed by atoms with Crippen molar-refractivity contribution in [2.24, 2.45) is 5.41 Å². The fraction of sp³-hybridized carbons (Fsp3) is 0.455. The van der Waals surface area contributed by atoms with Gasteiger partial charge in [-0.15, -0.1) is 0 Å². The lowest BCUT2D eigenvalue weighted by Gasteiger charge is -2.18. The molecule has 96 valence electrons. The first kappa shape index (κ1) is 14.8. The highest BCUT2D eigenvalue weighted by Crippen LogP contribution is 2.30. The summed E-state index contributed by atoms with van der Waals surface area (Å²) in [6.45, 7) is 5.71. The van der Waals surface area contributed by atoms with Gasteiger partial charge in [0.05, 0.1) is 16.7 Å². The molecule has 0 heterocycles. The predicted molar refractivity (Wildman–Crippen MR) is 69.1 cm³/mol. The van der Waals surface area contributed by atoms with Crippen LogP contribution in [-0.4, -0.2) is 15.0 Å². The Hall–Kier alpha value is -0.290. The summed E-state index contributed by atoms with van der Waals surface area (Å²) in [6, 6.07) is 4.40. The van der Waals surface area contributed by atoms with Gasteiger partial charge < -0.3 is 0 Å². The zero-order valence-corrected chi connectivity index (χ0v) is 12.2. The molecule has 0 saturated heterocycles. The van der Waals surface area contributed by atoms with Crippen LogP contribution in [0.2, 0.25) is 10.0 Å². The van der Waals surface area contributed by atoms with Crippen molar-refractivity contribution in [3.05, 3.63) is 28.2 Å². The van der Waals surface area contributed by atoms with Gasteiger partial charge >= 0.3 is 0 Å². The molecule has 0 atom stereocenters. The van der Waals surface area contributed by atoms with E-state index in [1.807, 2.05) is 20.8 Å². The highest BCUT2D eigenvalue weighted by molar-refractivity contribution is 7.86. The van der Waals surface area contributed by atoms with Crippen molar-refractivity contribution in [3.63, 3.8) is 0 Å². The molecule has 1 rings (SSSR count). The molecule has 0 saturated carbocycles. The van der Waals surface area contributed by atoms with Gasteiger partial charge in [-0.25, -0.2) is 0 Å². The standard InChI is InChI=1S/C11H14Cl2O3S/c1-11(2,3)7-16-17(14,15)9-6-4-5-8(12)10(9)13/h4-6H,7H2,1-3H3. The van der Waals surface area contributed by atoms with E-state index in [9.17, 15) is 8.42 Å². The van der Waals surface area contributed by atoms with Gasteiger partial charge in [0, 0.05) is 0 Å². The largest absolute Gasteiger partial charge is 0.298 e. The molecule has 0 bridgehead atoms. The van der Waals surface area contributed by atoms with Crippen LogP contribution in [-0.2, 0) is 14.3 Å². The van der Waals surface area contributed by atoms with Crippen LogP contribution in [0, 0.1) is 5.41 Å². The van der Waals surface area contributed by atoms with Gasteiger partial charge in [-0.05, 0) is 17.5 Å². The Kier molecular flexibility index (Phi) is 4.47. The molecule has 0 unspecified atom stereocenters. The third-order valence-corrected chi connectivity index (χ3v) is 4.07. The zero-order valence-electron chi connectivity index (χ0n) is 9.83. The molecule has 0 N–H and O–H groups in total. The molecule has 1 aromatic carbocycles. The van der Waals surface area contributed by atoms with Crippen molar-refractivity contribution in [2.75, 3.05) is 6.61 Å². The molecule has 0 aliphatic rings. The summed E-state index contributed by atoms with van der Waals surface area (Å²) < 4.78 is 28.7. The molecule has 0 aliphatic carbocycles. The second-order valence-electron chi connectivity index (χ2n) is 4.83. The topological polar surface area (TPSA) is 43.4 Å². The number of halogens is 2. The summed E-state index contributed by atoms with van der Waals surface area (Å²) >= 11 is 11.6. The zero-order chi connectivity index (χ0) is 13.3. The van der Waals surface area contributed by atoms with E-state index in [2.05, 4.69) is 0 Å². The lowest BCUT2D eigenvalue weighted by molar-refractivity contribution is 0.203. The molecule has 0 fully saturated rings. The molecule has 0 aliphatic heterocycles. The number of hydrogen-bond donors (Lipinski definition) is 0. The molecule has 0 radical (unpaired) electrons. The van der Waals surface area contributed by atoms with Gasteiger partial charge in [-0.2, -0.15) is 8.42 Å². The lowest BCUT2D eigenvalue weighted by atomic mass is 9.99. The Morgan fingerprint density at radius 1 is 1.24 bits per heavy atom. The minimum absolute atomic E-state index is 0.0110. The summed E-state index contributed by atoms with van der Waals surface area (Å²) in [6.07, 6.45) is 0. The van der Waals surface area contributed by atoms with E-state index < -0.39 is 10.1 Å². The van der Waals surface area contributed by atoms with Crippen molar-refractivity contribution < 1.29 is 12.6 Å². The second kappa shape index (κ2) is 5.14. The van der Waals surface area contributed by atoms with Crippen LogP contribution < -0.4 is 0 Å².